The first-order valence-electron chi connectivity index (χ1n) is 8.15. The van der Waals surface area contributed by atoms with Gasteiger partial charge in [-0.05, 0) is 74.1 Å². The second kappa shape index (κ2) is 6.07. The smallest absolute Gasteiger partial charge is 0.0441 e. The molecule has 0 aliphatic heterocycles. The molecule has 0 heterocycles. The van der Waals surface area contributed by atoms with Crippen LogP contribution in [0.25, 0.3) is 0 Å². The maximum absolute atomic E-state index is 6.43. The summed E-state index contributed by atoms with van der Waals surface area (Å²) in [6.45, 7) is 5.38. The molecule has 2 aliphatic rings. The third-order valence-electron chi connectivity index (χ3n) is 5.42. The Kier molecular flexibility index (Phi) is 4.37. The first-order chi connectivity index (χ1) is 9.67. The molecule has 2 heteroatoms. The average Bonchev–Trinajstić information content (AvgIpc) is 3.03. The summed E-state index contributed by atoms with van der Waals surface area (Å²) in [6.07, 6.45) is 6.94. The Morgan fingerprint density at radius 2 is 2.15 bits per heavy atom. The van der Waals surface area contributed by atoms with E-state index in [9.17, 15) is 0 Å². The van der Waals surface area contributed by atoms with Crippen molar-refractivity contribution in [3.63, 3.8) is 0 Å². The molecule has 1 aromatic rings. The lowest BCUT2D eigenvalue weighted by atomic mass is 9.81. The summed E-state index contributed by atoms with van der Waals surface area (Å²) in [5.74, 6) is 2.85. The number of likely N-dealkylation sites (N-methyl/N-ethyl adjacent to an activating group) is 1. The van der Waals surface area contributed by atoms with Gasteiger partial charge in [0.1, 0.15) is 0 Å². The monoisotopic (exact) mass is 291 g/mol. The van der Waals surface area contributed by atoms with Crippen molar-refractivity contribution < 1.29 is 0 Å². The molecule has 1 nitrogen and oxygen atoms in total. The fourth-order valence-corrected chi connectivity index (χ4v) is 4.79. The highest BCUT2D eigenvalue weighted by atomic mass is 35.5. The number of fused-ring (bicyclic) bond motifs is 2. The molecule has 3 rings (SSSR count). The molecule has 1 N–H and O–H groups in total. The predicted molar refractivity (Wildman–Crippen MR) is 86.3 cm³/mol. The van der Waals surface area contributed by atoms with E-state index in [2.05, 4.69) is 37.4 Å². The molecule has 20 heavy (non-hydrogen) atoms. The van der Waals surface area contributed by atoms with Gasteiger partial charge in [-0.3, -0.25) is 0 Å². The van der Waals surface area contributed by atoms with Gasteiger partial charge in [-0.2, -0.15) is 0 Å². The molecular formula is C18H26ClN. The van der Waals surface area contributed by atoms with Gasteiger partial charge in [0.15, 0.2) is 0 Å². The Labute approximate surface area is 128 Å². The number of hydrogen-bond acceptors (Lipinski definition) is 1. The number of halogens is 1. The van der Waals surface area contributed by atoms with E-state index < -0.39 is 0 Å². The van der Waals surface area contributed by atoms with Gasteiger partial charge in [-0.25, -0.2) is 0 Å². The van der Waals surface area contributed by atoms with Gasteiger partial charge in [0, 0.05) is 11.1 Å². The van der Waals surface area contributed by atoms with Crippen LogP contribution in [-0.2, 0) is 6.42 Å². The third-order valence-corrected chi connectivity index (χ3v) is 5.78. The summed E-state index contributed by atoms with van der Waals surface area (Å²) in [5, 5.41) is 4.68. The topological polar surface area (TPSA) is 12.0 Å². The zero-order chi connectivity index (χ0) is 14.1. The summed E-state index contributed by atoms with van der Waals surface area (Å²) in [7, 11) is 0. The van der Waals surface area contributed by atoms with Crippen LogP contribution in [0.1, 0.15) is 43.7 Å². The molecule has 2 bridgehead atoms. The molecule has 0 saturated heterocycles. The maximum atomic E-state index is 6.43. The normalized spacial score (nSPS) is 29.9. The highest BCUT2D eigenvalue weighted by molar-refractivity contribution is 6.31. The molecule has 1 aromatic carbocycles. The van der Waals surface area contributed by atoms with Gasteiger partial charge in [0.2, 0.25) is 0 Å². The summed E-state index contributed by atoms with van der Waals surface area (Å²) >= 11 is 6.43. The molecule has 0 spiro atoms. The summed E-state index contributed by atoms with van der Waals surface area (Å²) in [6, 6.07) is 7.11. The van der Waals surface area contributed by atoms with Crippen LogP contribution >= 0.6 is 11.6 Å². The van der Waals surface area contributed by atoms with Crippen molar-refractivity contribution in [1.29, 1.82) is 0 Å². The van der Waals surface area contributed by atoms with Crippen molar-refractivity contribution in [3.8, 4) is 0 Å². The summed E-state index contributed by atoms with van der Waals surface area (Å²) < 4.78 is 0. The average molecular weight is 292 g/mol. The van der Waals surface area contributed by atoms with Crippen LogP contribution in [0.5, 0.6) is 0 Å². The molecule has 0 aromatic heterocycles. The fourth-order valence-electron chi connectivity index (χ4n) is 4.48. The zero-order valence-electron chi connectivity index (χ0n) is 12.7. The van der Waals surface area contributed by atoms with Gasteiger partial charge in [0.05, 0.1) is 0 Å². The molecule has 2 fully saturated rings. The minimum Gasteiger partial charge on any atom is -0.314 e. The van der Waals surface area contributed by atoms with Crippen molar-refractivity contribution in [1.82, 2.24) is 5.32 Å². The molecule has 2 saturated carbocycles. The van der Waals surface area contributed by atoms with Crippen molar-refractivity contribution in [3.05, 3.63) is 34.3 Å². The lowest BCUT2D eigenvalue weighted by Crippen LogP contribution is -2.40. The number of hydrogen-bond donors (Lipinski definition) is 1. The maximum Gasteiger partial charge on any atom is 0.0441 e. The van der Waals surface area contributed by atoms with Crippen LogP contribution in [0, 0.1) is 24.7 Å². The van der Waals surface area contributed by atoms with E-state index in [1.165, 1.54) is 36.8 Å². The number of nitrogens with one attached hydrogen (secondary N) is 1. The standard InChI is InChI=1S/C18H26ClN/c1-3-20-18(16-10-13-5-7-14(16)9-13)11-15-6-4-12(2)8-17(15)19/h4,6,8,13-14,16,18,20H,3,5,7,9-11H2,1-2H3. The predicted octanol–water partition coefficient (Wildman–Crippen LogP) is 4.61. The van der Waals surface area contributed by atoms with Crippen LogP contribution in [0.15, 0.2) is 18.2 Å². The van der Waals surface area contributed by atoms with Crippen molar-refractivity contribution >= 4 is 11.6 Å². The van der Waals surface area contributed by atoms with E-state index >= 15 is 0 Å². The Morgan fingerprint density at radius 3 is 2.75 bits per heavy atom. The van der Waals surface area contributed by atoms with Crippen LogP contribution in [0.4, 0.5) is 0 Å². The van der Waals surface area contributed by atoms with E-state index in [1.807, 2.05) is 0 Å². The molecule has 0 radical (unpaired) electrons. The SMILES string of the molecule is CCNC(Cc1ccc(C)cc1Cl)C1CC2CCC1C2. The van der Waals surface area contributed by atoms with E-state index in [1.54, 1.807) is 0 Å². The third kappa shape index (κ3) is 2.89. The molecule has 0 amide bonds. The van der Waals surface area contributed by atoms with Crippen LogP contribution in [0.2, 0.25) is 5.02 Å². The van der Waals surface area contributed by atoms with Gasteiger partial charge in [0.25, 0.3) is 0 Å². The minimum atomic E-state index is 0.607. The van der Waals surface area contributed by atoms with Gasteiger partial charge < -0.3 is 5.32 Å². The fraction of sp³-hybridized carbons (Fsp3) is 0.667. The van der Waals surface area contributed by atoms with Crippen molar-refractivity contribution in [2.75, 3.05) is 6.54 Å². The van der Waals surface area contributed by atoms with E-state index in [0.717, 1.165) is 35.7 Å². The van der Waals surface area contributed by atoms with Crippen molar-refractivity contribution in [2.24, 2.45) is 17.8 Å². The van der Waals surface area contributed by atoms with Crippen molar-refractivity contribution in [2.45, 2.75) is 52.0 Å². The van der Waals surface area contributed by atoms with Crippen LogP contribution < -0.4 is 5.32 Å². The second-order valence-corrected chi connectivity index (χ2v) is 7.21. The van der Waals surface area contributed by atoms with E-state index in [0.29, 0.717) is 6.04 Å². The Morgan fingerprint density at radius 1 is 1.30 bits per heavy atom. The highest BCUT2D eigenvalue weighted by Crippen LogP contribution is 2.50. The molecule has 4 atom stereocenters. The van der Waals surface area contributed by atoms with Gasteiger partial charge >= 0.3 is 0 Å². The first-order valence-corrected chi connectivity index (χ1v) is 8.53. The minimum absolute atomic E-state index is 0.607. The highest BCUT2D eigenvalue weighted by Gasteiger charge is 2.42. The number of benzene rings is 1. The Bertz CT molecular complexity index is 470. The lowest BCUT2D eigenvalue weighted by Gasteiger charge is -2.31. The van der Waals surface area contributed by atoms with Gasteiger partial charge in [-0.1, -0.05) is 37.1 Å². The quantitative estimate of drug-likeness (QED) is 0.836. The summed E-state index contributed by atoms with van der Waals surface area (Å²) in [4.78, 5) is 0. The van der Waals surface area contributed by atoms with Crippen LogP contribution in [0.3, 0.4) is 0 Å². The largest absolute Gasteiger partial charge is 0.314 e. The van der Waals surface area contributed by atoms with E-state index in [4.69, 9.17) is 11.6 Å². The lowest BCUT2D eigenvalue weighted by molar-refractivity contribution is 0.249. The first kappa shape index (κ1) is 14.4. The molecule has 110 valence electrons. The van der Waals surface area contributed by atoms with Gasteiger partial charge in [-0.15, -0.1) is 0 Å². The van der Waals surface area contributed by atoms with E-state index in [-0.39, 0.29) is 0 Å². The summed E-state index contributed by atoms with van der Waals surface area (Å²) in [5.41, 5.74) is 2.56. The van der Waals surface area contributed by atoms with Crippen LogP contribution in [-0.4, -0.2) is 12.6 Å². The Balaban J connectivity index is 1.74. The molecule has 4 unspecified atom stereocenters. The zero-order valence-corrected chi connectivity index (χ0v) is 13.4. The molecule has 2 aliphatic carbocycles. The number of rotatable bonds is 5. The Hall–Kier alpha value is -0.530. The number of aryl methyl sites for hydroxylation is 1. The molecular weight excluding hydrogens is 266 g/mol. The second-order valence-electron chi connectivity index (χ2n) is 6.80.